The monoisotopic (exact) mass is 241 g/mol. The molecule has 0 aromatic heterocycles. The zero-order valence-electron chi connectivity index (χ0n) is 8.83. The molecule has 0 aliphatic heterocycles. The minimum absolute atomic E-state index is 0.135. The number of ketones is 1. The Morgan fingerprint density at radius 1 is 1.44 bits per heavy atom. The number of nitrogen functional groups attached to an aromatic ring is 1. The van der Waals surface area contributed by atoms with Gasteiger partial charge in [-0.2, -0.15) is 0 Å². The van der Waals surface area contributed by atoms with E-state index in [2.05, 4.69) is 4.74 Å². The fourth-order valence-corrected chi connectivity index (χ4v) is 1.45. The van der Waals surface area contributed by atoms with Crippen LogP contribution in [-0.2, 0) is 4.74 Å². The first-order valence-corrected chi connectivity index (χ1v) is 5.20. The number of hydrogen-bond acceptors (Lipinski definition) is 4. The van der Waals surface area contributed by atoms with Crippen LogP contribution in [0.25, 0.3) is 0 Å². The molecule has 1 aromatic rings. The number of anilines is 1. The highest BCUT2D eigenvalue weighted by molar-refractivity contribution is 6.20. The third-order valence-corrected chi connectivity index (χ3v) is 2.28. The lowest BCUT2D eigenvalue weighted by molar-refractivity contribution is 0.0600. The lowest BCUT2D eigenvalue weighted by Crippen LogP contribution is -2.07. The molecular formula is C11H12ClNO3. The van der Waals surface area contributed by atoms with Crippen molar-refractivity contribution in [3.8, 4) is 0 Å². The van der Waals surface area contributed by atoms with E-state index in [4.69, 9.17) is 17.3 Å². The summed E-state index contributed by atoms with van der Waals surface area (Å²) in [6.45, 7) is 0. The third kappa shape index (κ3) is 2.73. The van der Waals surface area contributed by atoms with Crippen molar-refractivity contribution < 1.29 is 14.3 Å². The van der Waals surface area contributed by atoms with Crippen molar-refractivity contribution in [1.82, 2.24) is 0 Å². The van der Waals surface area contributed by atoms with Crippen LogP contribution in [0.5, 0.6) is 0 Å². The van der Waals surface area contributed by atoms with Gasteiger partial charge in [0.05, 0.1) is 12.7 Å². The zero-order chi connectivity index (χ0) is 12.1. The van der Waals surface area contributed by atoms with E-state index < -0.39 is 5.97 Å². The predicted molar refractivity (Wildman–Crippen MR) is 61.9 cm³/mol. The van der Waals surface area contributed by atoms with Crippen LogP contribution >= 0.6 is 11.6 Å². The van der Waals surface area contributed by atoms with Gasteiger partial charge in [-0.15, -0.1) is 11.6 Å². The fraction of sp³-hybridized carbons (Fsp3) is 0.273. The number of nitrogens with two attached hydrogens (primary N) is 1. The molecule has 1 rings (SSSR count). The third-order valence-electron chi connectivity index (χ3n) is 2.09. The van der Waals surface area contributed by atoms with Crippen molar-refractivity contribution in [3.63, 3.8) is 0 Å². The molecule has 0 radical (unpaired) electrons. The highest BCUT2D eigenvalue weighted by Gasteiger charge is 2.12. The molecule has 16 heavy (non-hydrogen) atoms. The highest BCUT2D eigenvalue weighted by Crippen LogP contribution is 2.17. The van der Waals surface area contributed by atoms with E-state index in [1.165, 1.54) is 25.3 Å². The van der Waals surface area contributed by atoms with Crippen molar-refractivity contribution in [2.24, 2.45) is 0 Å². The fourth-order valence-electron chi connectivity index (χ4n) is 1.28. The second-order valence-corrected chi connectivity index (χ2v) is 3.53. The van der Waals surface area contributed by atoms with Gasteiger partial charge in [0.25, 0.3) is 0 Å². The van der Waals surface area contributed by atoms with E-state index in [0.29, 0.717) is 11.1 Å². The summed E-state index contributed by atoms with van der Waals surface area (Å²) in [5.74, 6) is -0.372. The molecule has 4 nitrogen and oxygen atoms in total. The van der Waals surface area contributed by atoms with Gasteiger partial charge in [0.1, 0.15) is 0 Å². The minimum atomic E-state index is -0.483. The number of methoxy groups -OCH3 is 1. The van der Waals surface area contributed by atoms with Gasteiger partial charge >= 0.3 is 5.97 Å². The Hall–Kier alpha value is -1.55. The number of esters is 1. The Labute approximate surface area is 98.3 Å². The maximum Gasteiger partial charge on any atom is 0.337 e. The second-order valence-electron chi connectivity index (χ2n) is 3.16. The normalized spacial score (nSPS) is 9.88. The first-order valence-electron chi connectivity index (χ1n) is 4.67. The van der Waals surface area contributed by atoms with Crippen molar-refractivity contribution in [1.29, 1.82) is 0 Å². The number of halogens is 1. The van der Waals surface area contributed by atoms with Gasteiger partial charge in [-0.25, -0.2) is 4.79 Å². The topological polar surface area (TPSA) is 69.4 Å². The number of ether oxygens (including phenoxy) is 1. The number of alkyl halides is 1. The molecule has 0 amide bonds. The molecule has 2 N–H and O–H groups in total. The van der Waals surface area contributed by atoms with E-state index in [0.717, 1.165) is 0 Å². The predicted octanol–water partition coefficient (Wildman–Crippen LogP) is 1.87. The summed E-state index contributed by atoms with van der Waals surface area (Å²) < 4.78 is 4.54. The summed E-state index contributed by atoms with van der Waals surface area (Å²) >= 11 is 5.47. The molecule has 0 spiro atoms. The molecule has 0 bridgehead atoms. The van der Waals surface area contributed by atoms with Gasteiger partial charge in [-0.05, 0) is 18.2 Å². The van der Waals surface area contributed by atoms with Gasteiger partial charge in [-0.1, -0.05) is 0 Å². The molecule has 0 fully saturated rings. The summed E-state index contributed by atoms with van der Waals surface area (Å²) in [7, 11) is 1.28. The van der Waals surface area contributed by atoms with Crippen LogP contribution in [0.1, 0.15) is 27.1 Å². The molecule has 86 valence electrons. The summed E-state index contributed by atoms with van der Waals surface area (Å²) in [5.41, 5.74) is 6.64. The van der Waals surface area contributed by atoms with Crippen molar-refractivity contribution in [3.05, 3.63) is 29.3 Å². The van der Waals surface area contributed by atoms with Crippen LogP contribution in [-0.4, -0.2) is 24.7 Å². The lowest BCUT2D eigenvalue weighted by Gasteiger charge is -2.05. The molecule has 0 unspecified atom stereocenters. The maximum atomic E-state index is 11.5. The van der Waals surface area contributed by atoms with Gasteiger partial charge in [0.15, 0.2) is 5.78 Å². The molecule has 0 heterocycles. The summed E-state index contributed by atoms with van der Waals surface area (Å²) in [6, 6.07) is 4.44. The lowest BCUT2D eigenvalue weighted by atomic mass is 10.0. The Balaban J connectivity index is 3.00. The number of benzene rings is 1. The van der Waals surface area contributed by atoms with Crippen LogP contribution in [0.2, 0.25) is 0 Å². The summed E-state index contributed by atoms with van der Waals surface area (Å²) in [5, 5.41) is 0. The number of carbonyl (C=O) groups is 2. The Morgan fingerprint density at radius 3 is 2.62 bits per heavy atom. The van der Waals surface area contributed by atoms with Crippen LogP contribution in [0.15, 0.2) is 18.2 Å². The molecule has 0 aliphatic rings. The van der Waals surface area contributed by atoms with E-state index in [1.54, 1.807) is 0 Å². The highest BCUT2D eigenvalue weighted by atomic mass is 35.5. The van der Waals surface area contributed by atoms with Gasteiger partial charge in [0, 0.05) is 23.6 Å². The molecule has 0 saturated carbocycles. The van der Waals surface area contributed by atoms with E-state index in [9.17, 15) is 9.59 Å². The summed E-state index contributed by atoms with van der Waals surface area (Å²) in [6.07, 6.45) is 0.226. The van der Waals surface area contributed by atoms with Gasteiger partial charge in [-0.3, -0.25) is 4.79 Å². The first kappa shape index (κ1) is 12.5. The van der Waals surface area contributed by atoms with E-state index >= 15 is 0 Å². The van der Waals surface area contributed by atoms with Crippen molar-refractivity contribution in [2.45, 2.75) is 6.42 Å². The standard InChI is InChI=1S/C11H12ClNO3/c1-16-11(15)7-2-3-8(9(13)6-7)10(14)4-5-12/h2-3,6H,4-5,13H2,1H3. The molecule has 1 aromatic carbocycles. The van der Waals surface area contributed by atoms with Crippen LogP contribution in [0.4, 0.5) is 5.69 Å². The van der Waals surface area contributed by atoms with Crippen LogP contribution < -0.4 is 5.73 Å². The molecule has 5 heteroatoms. The Bertz CT molecular complexity index is 418. The van der Waals surface area contributed by atoms with Crippen LogP contribution in [0, 0.1) is 0 Å². The molecular weight excluding hydrogens is 230 g/mol. The van der Waals surface area contributed by atoms with Gasteiger partial charge in [0.2, 0.25) is 0 Å². The molecule has 0 saturated heterocycles. The zero-order valence-corrected chi connectivity index (χ0v) is 9.58. The molecule has 0 atom stereocenters. The number of rotatable bonds is 4. The maximum absolute atomic E-state index is 11.5. The SMILES string of the molecule is COC(=O)c1ccc(C(=O)CCCl)c(N)c1. The average Bonchev–Trinajstić information content (AvgIpc) is 2.28. The largest absolute Gasteiger partial charge is 0.465 e. The number of Topliss-reactive ketones (excluding diaryl/α,β-unsaturated/α-hetero) is 1. The Kier molecular flexibility index (Phi) is 4.31. The smallest absolute Gasteiger partial charge is 0.337 e. The molecule has 0 aliphatic carbocycles. The minimum Gasteiger partial charge on any atom is -0.465 e. The Morgan fingerprint density at radius 2 is 2.12 bits per heavy atom. The number of hydrogen-bond donors (Lipinski definition) is 1. The number of carbonyl (C=O) groups excluding carboxylic acids is 2. The quantitative estimate of drug-likeness (QED) is 0.378. The van der Waals surface area contributed by atoms with Crippen molar-refractivity contribution in [2.75, 3.05) is 18.7 Å². The van der Waals surface area contributed by atoms with E-state index in [1.807, 2.05) is 0 Å². The second kappa shape index (κ2) is 5.51. The first-order chi connectivity index (χ1) is 7.60. The average molecular weight is 242 g/mol. The summed E-state index contributed by atoms with van der Waals surface area (Å²) in [4.78, 5) is 22.7. The van der Waals surface area contributed by atoms with Crippen LogP contribution in [0.3, 0.4) is 0 Å². The van der Waals surface area contributed by atoms with Gasteiger partial charge < -0.3 is 10.5 Å². The van der Waals surface area contributed by atoms with Crippen molar-refractivity contribution >= 4 is 29.0 Å². The van der Waals surface area contributed by atoms with E-state index in [-0.39, 0.29) is 23.8 Å².